The van der Waals surface area contributed by atoms with Crippen LogP contribution in [-0.4, -0.2) is 52.6 Å². The third-order valence-corrected chi connectivity index (χ3v) is 7.23. The standard InChI is InChI=1S/C27H29N3O4/c31-24(28-20-9-3-1-4-10-20)19-8-7-15-29(17-19)25(32)18-13-14-22-23(16-18)27(34)30(26(22)33)21-11-5-2-6-12-21/h1,3-4,9-10,13-14,16,19,21H,2,5-8,11-12,15,17H2,(H,28,31). The number of rotatable bonds is 4. The van der Waals surface area contributed by atoms with Gasteiger partial charge < -0.3 is 10.2 Å². The number of nitrogens with zero attached hydrogens (tertiary/aromatic N) is 2. The molecule has 7 heteroatoms. The first-order valence-corrected chi connectivity index (χ1v) is 12.2. The number of hydrogen-bond donors (Lipinski definition) is 1. The third-order valence-electron chi connectivity index (χ3n) is 7.23. The minimum Gasteiger partial charge on any atom is -0.338 e. The van der Waals surface area contributed by atoms with E-state index in [1.807, 2.05) is 30.3 Å². The largest absolute Gasteiger partial charge is 0.338 e. The summed E-state index contributed by atoms with van der Waals surface area (Å²) in [4.78, 5) is 55.1. The van der Waals surface area contributed by atoms with Gasteiger partial charge in [0.25, 0.3) is 17.7 Å². The number of nitrogens with one attached hydrogen (secondary N) is 1. The number of carbonyl (C=O) groups is 4. The van der Waals surface area contributed by atoms with E-state index >= 15 is 0 Å². The molecule has 2 aromatic carbocycles. The molecule has 1 saturated carbocycles. The van der Waals surface area contributed by atoms with E-state index in [0.29, 0.717) is 29.8 Å². The lowest BCUT2D eigenvalue weighted by Crippen LogP contribution is -2.43. The van der Waals surface area contributed by atoms with Gasteiger partial charge in [-0.05, 0) is 56.0 Å². The lowest BCUT2D eigenvalue weighted by molar-refractivity contribution is -0.121. The summed E-state index contributed by atoms with van der Waals surface area (Å²) in [6.45, 7) is 0.891. The maximum atomic E-state index is 13.3. The Morgan fingerprint density at radius 3 is 2.32 bits per heavy atom. The van der Waals surface area contributed by atoms with Crippen LogP contribution < -0.4 is 5.32 Å². The molecule has 0 bridgehead atoms. The van der Waals surface area contributed by atoms with Gasteiger partial charge in [-0.15, -0.1) is 0 Å². The second-order valence-corrected chi connectivity index (χ2v) is 9.48. The highest BCUT2D eigenvalue weighted by atomic mass is 16.2. The predicted molar refractivity (Wildman–Crippen MR) is 128 cm³/mol. The second-order valence-electron chi connectivity index (χ2n) is 9.48. The predicted octanol–water partition coefficient (Wildman–Crippen LogP) is 4.11. The SMILES string of the molecule is O=C(Nc1ccccc1)C1CCCN(C(=O)c2ccc3c(c2)C(=O)N(C2CCCCC2)C3=O)C1. The van der Waals surface area contributed by atoms with E-state index in [9.17, 15) is 19.2 Å². The summed E-state index contributed by atoms with van der Waals surface area (Å²) in [5.74, 6) is -1.14. The Morgan fingerprint density at radius 1 is 0.824 bits per heavy atom. The molecule has 1 unspecified atom stereocenters. The highest BCUT2D eigenvalue weighted by molar-refractivity contribution is 6.22. The average molecular weight is 460 g/mol. The first-order chi connectivity index (χ1) is 16.5. The number of benzene rings is 2. The van der Waals surface area contributed by atoms with E-state index in [0.717, 1.165) is 50.6 Å². The summed E-state index contributed by atoms with van der Waals surface area (Å²) in [6.07, 6.45) is 6.32. The Hall–Kier alpha value is -3.48. The molecule has 2 heterocycles. The van der Waals surface area contributed by atoms with E-state index in [4.69, 9.17) is 0 Å². The molecule has 0 spiro atoms. The quantitative estimate of drug-likeness (QED) is 0.698. The molecule has 176 valence electrons. The van der Waals surface area contributed by atoms with E-state index < -0.39 is 0 Å². The molecule has 1 atom stereocenters. The van der Waals surface area contributed by atoms with Crippen molar-refractivity contribution >= 4 is 29.3 Å². The monoisotopic (exact) mass is 459 g/mol. The van der Waals surface area contributed by atoms with Crippen LogP contribution in [0.2, 0.25) is 0 Å². The van der Waals surface area contributed by atoms with E-state index in [2.05, 4.69) is 5.32 Å². The number of anilines is 1. The topological polar surface area (TPSA) is 86.8 Å². The van der Waals surface area contributed by atoms with Crippen LogP contribution in [0.5, 0.6) is 0 Å². The minimum atomic E-state index is -0.294. The van der Waals surface area contributed by atoms with E-state index in [-0.39, 0.29) is 35.6 Å². The molecular formula is C27H29N3O4. The van der Waals surface area contributed by atoms with Crippen LogP contribution in [0.15, 0.2) is 48.5 Å². The molecule has 1 aliphatic carbocycles. The fraction of sp³-hybridized carbons (Fsp3) is 0.407. The summed E-state index contributed by atoms with van der Waals surface area (Å²) >= 11 is 0. The van der Waals surface area contributed by atoms with Gasteiger partial charge in [-0.2, -0.15) is 0 Å². The summed E-state index contributed by atoms with van der Waals surface area (Å²) in [5.41, 5.74) is 1.82. The Morgan fingerprint density at radius 2 is 1.56 bits per heavy atom. The molecule has 4 amide bonds. The summed E-state index contributed by atoms with van der Waals surface area (Å²) in [6, 6.07) is 14.0. The number of piperidine rings is 1. The lowest BCUT2D eigenvalue weighted by atomic mass is 9.94. The van der Waals surface area contributed by atoms with Gasteiger partial charge in [-0.1, -0.05) is 37.5 Å². The van der Waals surface area contributed by atoms with Gasteiger partial charge in [-0.25, -0.2) is 0 Å². The Bertz CT molecular complexity index is 1120. The summed E-state index contributed by atoms with van der Waals surface area (Å²) in [5, 5.41) is 2.93. The van der Waals surface area contributed by atoms with Gasteiger partial charge in [0.15, 0.2) is 0 Å². The summed E-state index contributed by atoms with van der Waals surface area (Å²) < 4.78 is 0. The number of likely N-dealkylation sites (tertiary alicyclic amines) is 1. The van der Waals surface area contributed by atoms with Crippen molar-refractivity contribution in [3.8, 4) is 0 Å². The zero-order valence-corrected chi connectivity index (χ0v) is 19.2. The first kappa shape index (κ1) is 22.3. The zero-order valence-electron chi connectivity index (χ0n) is 19.2. The molecule has 0 radical (unpaired) electrons. The van der Waals surface area contributed by atoms with Crippen molar-refractivity contribution in [2.45, 2.75) is 51.0 Å². The summed E-state index contributed by atoms with van der Waals surface area (Å²) in [7, 11) is 0. The number of imide groups is 1. The van der Waals surface area contributed by atoms with Crippen LogP contribution in [-0.2, 0) is 4.79 Å². The van der Waals surface area contributed by atoms with Crippen LogP contribution in [0.4, 0.5) is 5.69 Å². The molecule has 2 fully saturated rings. The third kappa shape index (κ3) is 4.22. The normalized spacial score (nSPS) is 20.9. The molecule has 5 rings (SSSR count). The van der Waals surface area contributed by atoms with Crippen LogP contribution >= 0.6 is 0 Å². The molecule has 1 saturated heterocycles. The molecule has 0 aromatic heterocycles. The van der Waals surface area contributed by atoms with Crippen molar-refractivity contribution in [3.63, 3.8) is 0 Å². The van der Waals surface area contributed by atoms with Gasteiger partial charge in [0.2, 0.25) is 5.91 Å². The molecule has 34 heavy (non-hydrogen) atoms. The van der Waals surface area contributed by atoms with Gasteiger partial charge in [0.05, 0.1) is 17.0 Å². The van der Waals surface area contributed by atoms with Crippen LogP contribution in [0.25, 0.3) is 0 Å². The van der Waals surface area contributed by atoms with Crippen molar-refractivity contribution in [2.75, 3.05) is 18.4 Å². The molecule has 2 aromatic rings. The van der Waals surface area contributed by atoms with Gasteiger partial charge in [-0.3, -0.25) is 24.1 Å². The maximum Gasteiger partial charge on any atom is 0.261 e. The molecule has 1 N–H and O–H groups in total. The Labute approximate surface area is 199 Å². The number of fused-ring (bicyclic) bond motifs is 1. The van der Waals surface area contributed by atoms with Crippen molar-refractivity contribution in [1.29, 1.82) is 0 Å². The number of amides is 4. The number of para-hydroxylation sites is 1. The van der Waals surface area contributed by atoms with Crippen LogP contribution in [0, 0.1) is 5.92 Å². The average Bonchev–Trinajstić information content (AvgIpc) is 3.14. The highest BCUT2D eigenvalue weighted by Gasteiger charge is 2.41. The van der Waals surface area contributed by atoms with Crippen molar-refractivity contribution in [3.05, 3.63) is 65.2 Å². The minimum absolute atomic E-state index is 0.0497. The van der Waals surface area contributed by atoms with Gasteiger partial charge in [0, 0.05) is 30.4 Å². The smallest absolute Gasteiger partial charge is 0.261 e. The fourth-order valence-electron chi connectivity index (χ4n) is 5.39. The van der Waals surface area contributed by atoms with Crippen LogP contribution in [0.1, 0.15) is 76.0 Å². The van der Waals surface area contributed by atoms with Crippen molar-refractivity contribution in [1.82, 2.24) is 9.80 Å². The zero-order chi connectivity index (χ0) is 23.7. The Kier molecular flexibility index (Phi) is 6.18. The van der Waals surface area contributed by atoms with Crippen molar-refractivity contribution < 1.29 is 19.2 Å². The van der Waals surface area contributed by atoms with Gasteiger partial charge in [0.1, 0.15) is 0 Å². The fourth-order valence-corrected chi connectivity index (χ4v) is 5.39. The van der Waals surface area contributed by atoms with Crippen LogP contribution in [0.3, 0.4) is 0 Å². The highest BCUT2D eigenvalue weighted by Crippen LogP contribution is 2.32. The van der Waals surface area contributed by atoms with Gasteiger partial charge >= 0.3 is 0 Å². The Balaban J connectivity index is 1.29. The molecule has 7 nitrogen and oxygen atoms in total. The first-order valence-electron chi connectivity index (χ1n) is 12.2. The maximum absolute atomic E-state index is 13.3. The number of carbonyl (C=O) groups excluding carboxylic acids is 4. The van der Waals surface area contributed by atoms with E-state index in [1.54, 1.807) is 23.1 Å². The molecule has 3 aliphatic rings. The van der Waals surface area contributed by atoms with Crippen molar-refractivity contribution in [2.24, 2.45) is 5.92 Å². The lowest BCUT2D eigenvalue weighted by Gasteiger charge is -2.32. The molecular weight excluding hydrogens is 430 g/mol. The second kappa shape index (κ2) is 9.41. The molecule has 2 aliphatic heterocycles. The van der Waals surface area contributed by atoms with E-state index in [1.165, 1.54) is 4.90 Å². The number of hydrogen-bond acceptors (Lipinski definition) is 4.